The Morgan fingerprint density at radius 2 is 1.97 bits per heavy atom. The molecule has 7 heteroatoms. The molecule has 1 aliphatic rings. The van der Waals surface area contributed by atoms with Crippen LogP contribution in [0.2, 0.25) is 0 Å². The molecule has 2 aromatic rings. The largest absolute Gasteiger partial charge is 0.477 e. The molecule has 0 spiro atoms. The van der Waals surface area contributed by atoms with E-state index >= 15 is 0 Å². The third kappa shape index (κ3) is 3.75. The normalized spacial score (nSPS) is 17.7. The highest BCUT2D eigenvalue weighted by Gasteiger charge is 2.41. The summed E-state index contributed by atoms with van der Waals surface area (Å²) >= 11 is 0. The average Bonchev–Trinajstić information content (AvgIpc) is 3.09. The van der Waals surface area contributed by atoms with Crippen molar-refractivity contribution < 1.29 is 18.5 Å². The molecule has 0 saturated carbocycles. The van der Waals surface area contributed by atoms with Crippen molar-refractivity contribution in [2.45, 2.75) is 65.8 Å². The Labute approximate surface area is 180 Å². The number of nitrogens with zero attached hydrogens (tertiary/aromatic N) is 2. The summed E-state index contributed by atoms with van der Waals surface area (Å²) in [5, 5.41) is 4.30. The van der Waals surface area contributed by atoms with Crippen LogP contribution in [0.15, 0.2) is 17.2 Å². The highest BCUT2D eigenvalue weighted by molar-refractivity contribution is 7.85. The standard InChI is InChI=1S/C23H30N2O4S/c1-7-9-10-29-22-17(12-24-25(22)8-2)19(26)16-11-14(3)20-18(15(16)4)21(27)23(5,6)13-30(20)28/h11-12H,7-10,13H2,1-6H3. The number of ether oxygens (including phenoxy) is 1. The Hall–Kier alpha value is -2.28. The lowest BCUT2D eigenvalue weighted by atomic mass is 9.81. The summed E-state index contributed by atoms with van der Waals surface area (Å²) < 4.78 is 20.4. The average molecular weight is 431 g/mol. The van der Waals surface area contributed by atoms with Gasteiger partial charge in [0.25, 0.3) is 0 Å². The molecular weight excluding hydrogens is 400 g/mol. The van der Waals surface area contributed by atoms with Gasteiger partial charge in [-0.1, -0.05) is 27.2 Å². The number of ketones is 2. The lowest BCUT2D eigenvalue weighted by Crippen LogP contribution is -2.37. The molecule has 0 fully saturated rings. The Kier molecular flexibility index (Phi) is 6.32. The predicted octanol–water partition coefficient (Wildman–Crippen LogP) is 4.26. The molecule has 0 bridgehead atoms. The first-order chi connectivity index (χ1) is 14.1. The van der Waals surface area contributed by atoms with Crippen molar-refractivity contribution in [1.29, 1.82) is 0 Å². The summed E-state index contributed by atoms with van der Waals surface area (Å²) in [7, 11) is -1.27. The monoisotopic (exact) mass is 430 g/mol. The number of Topliss-reactive ketones (excluding diaryl/α,β-unsaturated/α-hetero) is 1. The third-order valence-corrected chi connectivity index (χ3v) is 7.57. The summed E-state index contributed by atoms with van der Waals surface area (Å²) in [5.41, 5.74) is 1.82. The first kappa shape index (κ1) is 22.4. The van der Waals surface area contributed by atoms with Crippen LogP contribution in [0.3, 0.4) is 0 Å². The Morgan fingerprint density at radius 3 is 2.60 bits per heavy atom. The molecule has 1 atom stereocenters. The Morgan fingerprint density at radius 1 is 1.27 bits per heavy atom. The van der Waals surface area contributed by atoms with Gasteiger partial charge in [0.2, 0.25) is 5.88 Å². The number of hydrogen-bond acceptors (Lipinski definition) is 5. The smallest absolute Gasteiger partial charge is 0.223 e. The number of hydrogen-bond donors (Lipinski definition) is 0. The fraction of sp³-hybridized carbons (Fsp3) is 0.522. The fourth-order valence-electron chi connectivity index (χ4n) is 3.86. The molecule has 162 valence electrons. The Balaban J connectivity index is 2.13. The predicted molar refractivity (Wildman–Crippen MR) is 117 cm³/mol. The topological polar surface area (TPSA) is 78.3 Å². The second-order valence-corrected chi connectivity index (χ2v) is 9.87. The van der Waals surface area contributed by atoms with E-state index in [-0.39, 0.29) is 11.6 Å². The minimum absolute atomic E-state index is 0.0592. The zero-order valence-corrected chi connectivity index (χ0v) is 19.4. The van der Waals surface area contributed by atoms with Gasteiger partial charge in [-0.2, -0.15) is 5.10 Å². The van der Waals surface area contributed by atoms with Crippen LogP contribution in [0, 0.1) is 19.3 Å². The van der Waals surface area contributed by atoms with E-state index < -0.39 is 16.2 Å². The highest BCUT2D eigenvalue weighted by Crippen LogP contribution is 2.39. The number of aryl methyl sites for hydroxylation is 2. The van der Waals surface area contributed by atoms with E-state index in [1.54, 1.807) is 17.7 Å². The minimum atomic E-state index is -1.27. The van der Waals surface area contributed by atoms with Crippen LogP contribution in [0.4, 0.5) is 0 Å². The van der Waals surface area contributed by atoms with E-state index in [9.17, 15) is 13.8 Å². The van der Waals surface area contributed by atoms with Crippen LogP contribution >= 0.6 is 0 Å². The van der Waals surface area contributed by atoms with Gasteiger partial charge in [-0.3, -0.25) is 13.8 Å². The van der Waals surface area contributed by atoms with Gasteiger partial charge in [0, 0.05) is 28.8 Å². The minimum Gasteiger partial charge on any atom is -0.477 e. The summed E-state index contributed by atoms with van der Waals surface area (Å²) in [6.07, 6.45) is 3.40. The second-order valence-electron chi connectivity index (χ2n) is 8.48. The maximum Gasteiger partial charge on any atom is 0.223 e. The van der Waals surface area contributed by atoms with Crippen LogP contribution in [0.5, 0.6) is 5.88 Å². The summed E-state index contributed by atoms with van der Waals surface area (Å²) in [6.45, 7) is 12.3. The number of carbonyl (C=O) groups is 2. The van der Waals surface area contributed by atoms with Crippen LogP contribution in [-0.4, -0.2) is 37.9 Å². The molecule has 6 nitrogen and oxygen atoms in total. The number of benzene rings is 1. The molecule has 1 aromatic heterocycles. The van der Waals surface area contributed by atoms with Crippen molar-refractivity contribution in [2.24, 2.45) is 5.41 Å². The van der Waals surface area contributed by atoms with Gasteiger partial charge in [-0.15, -0.1) is 0 Å². The van der Waals surface area contributed by atoms with Crippen molar-refractivity contribution in [3.05, 3.63) is 40.1 Å². The number of carbonyl (C=O) groups excluding carboxylic acids is 2. The lowest BCUT2D eigenvalue weighted by molar-refractivity contribution is 0.0853. The molecule has 0 amide bonds. The van der Waals surface area contributed by atoms with Gasteiger partial charge in [-0.05, 0) is 44.4 Å². The van der Waals surface area contributed by atoms with Gasteiger partial charge in [0.05, 0.1) is 28.5 Å². The molecule has 1 unspecified atom stereocenters. The van der Waals surface area contributed by atoms with Crippen LogP contribution < -0.4 is 4.74 Å². The van der Waals surface area contributed by atoms with E-state index in [1.807, 2.05) is 27.7 Å². The molecule has 0 aliphatic carbocycles. The summed E-state index contributed by atoms with van der Waals surface area (Å²) in [4.78, 5) is 27.3. The van der Waals surface area contributed by atoms with Crippen molar-refractivity contribution in [3.8, 4) is 5.88 Å². The molecule has 30 heavy (non-hydrogen) atoms. The van der Waals surface area contributed by atoms with Crippen LogP contribution in [-0.2, 0) is 17.3 Å². The first-order valence-electron chi connectivity index (χ1n) is 10.4. The van der Waals surface area contributed by atoms with Crippen molar-refractivity contribution in [1.82, 2.24) is 9.78 Å². The number of aromatic nitrogens is 2. The zero-order chi connectivity index (χ0) is 22.2. The number of fused-ring (bicyclic) bond motifs is 1. The SMILES string of the molecule is CCCCOc1c(C(=O)c2cc(C)c3c(c2C)C(=O)C(C)(C)CS3=O)cnn1CC. The van der Waals surface area contributed by atoms with Gasteiger partial charge in [0.15, 0.2) is 11.6 Å². The van der Waals surface area contributed by atoms with Crippen LogP contribution in [0.1, 0.15) is 77.9 Å². The quantitative estimate of drug-likeness (QED) is 0.484. The maximum atomic E-state index is 13.5. The number of unbranched alkanes of at least 4 members (excludes halogenated alkanes) is 1. The molecule has 0 N–H and O–H groups in total. The van der Waals surface area contributed by atoms with Crippen LogP contribution in [0.25, 0.3) is 0 Å². The van der Waals surface area contributed by atoms with E-state index in [1.165, 1.54) is 6.20 Å². The molecule has 0 radical (unpaired) electrons. The highest BCUT2D eigenvalue weighted by atomic mass is 32.2. The molecule has 1 aliphatic heterocycles. The molecule has 3 rings (SSSR count). The molecule has 2 heterocycles. The first-order valence-corrected chi connectivity index (χ1v) is 11.8. The van der Waals surface area contributed by atoms with Gasteiger partial charge >= 0.3 is 0 Å². The van der Waals surface area contributed by atoms with Crippen molar-refractivity contribution in [3.63, 3.8) is 0 Å². The molecular formula is C23H30N2O4S. The fourth-order valence-corrected chi connectivity index (χ4v) is 5.69. The molecule has 1 aromatic carbocycles. The van der Waals surface area contributed by atoms with Gasteiger partial charge < -0.3 is 4.74 Å². The zero-order valence-electron chi connectivity index (χ0n) is 18.6. The number of rotatable bonds is 7. The van der Waals surface area contributed by atoms with Crippen molar-refractivity contribution >= 4 is 22.4 Å². The van der Waals surface area contributed by atoms with Gasteiger partial charge in [0.1, 0.15) is 5.56 Å². The van der Waals surface area contributed by atoms with E-state index in [0.717, 1.165) is 12.8 Å². The van der Waals surface area contributed by atoms with E-state index in [4.69, 9.17) is 4.74 Å². The van der Waals surface area contributed by atoms with Crippen molar-refractivity contribution in [2.75, 3.05) is 12.4 Å². The van der Waals surface area contributed by atoms with Gasteiger partial charge in [-0.25, -0.2) is 4.68 Å². The summed E-state index contributed by atoms with van der Waals surface area (Å²) in [6, 6.07) is 1.75. The van der Waals surface area contributed by atoms with E-state index in [0.29, 0.717) is 57.5 Å². The maximum absolute atomic E-state index is 13.5. The molecule has 0 saturated heterocycles. The third-order valence-electron chi connectivity index (χ3n) is 5.60. The summed E-state index contributed by atoms with van der Waals surface area (Å²) in [5.74, 6) is 0.467. The second kappa shape index (κ2) is 8.46. The van der Waals surface area contributed by atoms with E-state index in [2.05, 4.69) is 12.0 Å². The Bertz CT molecular complexity index is 1040. The lowest BCUT2D eigenvalue weighted by Gasteiger charge is -2.31.